The Hall–Kier alpha value is -2.83. The number of ether oxygens (including phenoxy) is 3. The average molecular weight is 373 g/mol. The molecule has 0 aliphatic carbocycles. The third-order valence-electron chi connectivity index (χ3n) is 3.93. The SMILES string of the molecule is COC(=O)Nc1cc(-c2cnc(OCC(C)CC(C)C)c(OC)c2)ccn1. The third-order valence-corrected chi connectivity index (χ3v) is 3.93. The normalized spacial score (nSPS) is 11.8. The first-order valence-corrected chi connectivity index (χ1v) is 8.91. The first-order chi connectivity index (χ1) is 12.9. The first-order valence-electron chi connectivity index (χ1n) is 8.91. The fourth-order valence-corrected chi connectivity index (χ4v) is 2.77. The Bertz CT molecular complexity index is 765. The van der Waals surface area contributed by atoms with Gasteiger partial charge in [0.2, 0.25) is 0 Å². The molecule has 0 fully saturated rings. The predicted molar refractivity (Wildman–Crippen MR) is 104 cm³/mol. The smallest absolute Gasteiger partial charge is 0.412 e. The summed E-state index contributed by atoms with van der Waals surface area (Å²) < 4.78 is 15.9. The van der Waals surface area contributed by atoms with Gasteiger partial charge in [-0.05, 0) is 42.0 Å². The summed E-state index contributed by atoms with van der Waals surface area (Å²) >= 11 is 0. The molecule has 1 atom stereocenters. The van der Waals surface area contributed by atoms with Crippen LogP contribution in [-0.2, 0) is 4.74 Å². The van der Waals surface area contributed by atoms with E-state index in [1.54, 1.807) is 25.6 Å². The maximum atomic E-state index is 11.3. The van der Waals surface area contributed by atoms with Gasteiger partial charge in [-0.2, -0.15) is 0 Å². The lowest BCUT2D eigenvalue weighted by Crippen LogP contribution is -2.12. The molecule has 0 radical (unpaired) electrons. The summed E-state index contributed by atoms with van der Waals surface area (Å²) in [7, 11) is 2.89. The molecule has 2 aromatic heterocycles. The van der Waals surface area contributed by atoms with E-state index < -0.39 is 6.09 Å². The van der Waals surface area contributed by atoms with Crippen LogP contribution < -0.4 is 14.8 Å². The van der Waals surface area contributed by atoms with Crippen molar-refractivity contribution in [1.29, 1.82) is 0 Å². The fourth-order valence-electron chi connectivity index (χ4n) is 2.77. The Morgan fingerprint density at radius 1 is 1.15 bits per heavy atom. The number of carbonyl (C=O) groups is 1. The molecule has 1 N–H and O–H groups in total. The number of anilines is 1. The summed E-state index contributed by atoms with van der Waals surface area (Å²) in [6, 6.07) is 5.41. The van der Waals surface area contributed by atoms with Gasteiger partial charge in [0, 0.05) is 18.0 Å². The molecule has 7 nitrogen and oxygen atoms in total. The zero-order valence-electron chi connectivity index (χ0n) is 16.5. The number of rotatable bonds is 8. The Kier molecular flexibility index (Phi) is 7.40. The molecule has 7 heteroatoms. The lowest BCUT2D eigenvalue weighted by Gasteiger charge is -2.16. The van der Waals surface area contributed by atoms with E-state index in [1.165, 1.54) is 7.11 Å². The van der Waals surface area contributed by atoms with Crippen molar-refractivity contribution in [2.24, 2.45) is 11.8 Å². The molecule has 2 heterocycles. The maximum Gasteiger partial charge on any atom is 0.412 e. The summed E-state index contributed by atoms with van der Waals surface area (Å²) in [5.41, 5.74) is 1.66. The molecular weight excluding hydrogens is 346 g/mol. The summed E-state index contributed by atoms with van der Waals surface area (Å²) in [6.07, 6.45) is 3.83. The van der Waals surface area contributed by atoms with Crippen molar-refractivity contribution in [2.45, 2.75) is 27.2 Å². The van der Waals surface area contributed by atoms with Gasteiger partial charge in [0.15, 0.2) is 5.75 Å². The van der Waals surface area contributed by atoms with Crippen LogP contribution in [-0.4, -0.2) is 36.9 Å². The third kappa shape index (κ3) is 6.13. The van der Waals surface area contributed by atoms with Crippen molar-refractivity contribution in [2.75, 3.05) is 26.1 Å². The van der Waals surface area contributed by atoms with Gasteiger partial charge in [0.05, 0.1) is 20.8 Å². The number of carbonyl (C=O) groups excluding carboxylic acids is 1. The number of aromatic nitrogens is 2. The highest BCUT2D eigenvalue weighted by atomic mass is 16.5. The van der Waals surface area contributed by atoms with Crippen molar-refractivity contribution >= 4 is 11.9 Å². The van der Waals surface area contributed by atoms with Gasteiger partial charge >= 0.3 is 6.09 Å². The van der Waals surface area contributed by atoms with Crippen LogP contribution in [0.1, 0.15) is 27.2 Å². The van der Waals surface area contributed by atoms with Crippen LogP contribution in [0.3, 0.4) is 0 Å². The molecule has 0 saturated carbocycles. The van der Waals surface area contributed by atoms with Gasteiger partial charge in [-0.25, -0.2) is 14.8 Å². The number of hydrogen-bond acceptors (Lipinski definition) is 6. The molecule has 0 aliphatic heterocycles. The van der Waals surface area contributed by atoms with Crippen LogP contribution in [0.25, 0.3) is 11.1 Å². The molecule has 1 unspecified atom stereocenters. The van der Waals surface area contributed by atoms with Gasteiger partial charge < -0.3 is 14.2 Å². The first kappa shape index (κ1) is 20.5. The highest BCUT2D eigenvalue weighted by Gasteiger charge is 2.13. The zero-order chi connectivity index (χ0) is 19.8. The van der Waals surface area contributed by atoms with Gasteiger partial charge in [-0.1, -0.05) is 20.8 Å². The molecule has 2 aromatic rings. The molecular formula is C20H27N3O4. The van der Waals surface area contributed by atoms with Crippen LogP contribution >= 0.6 is 0 Å². The largest absolute Gasteiger partial charge is 0.491 e. The highest BCUT2D eigenvalue weighted by molar-refractivity contribution is 5.84. The van der Waals surface area contributed by atoms with Crippen molar-refractivity contribution in [3.63, 3.8) is 0 Å². The van der Waals surface area contributed by atoms with Crippen LogP contribution in [0, 0.1) is 11.8 Å². The number of pyridine rings is 2. The molecule has 146 valence electrons. The molecule has 0 aliphatic rings. The molecule has 0 aromatic carbocycles. The van der Waals surface area contributed by atoms with Crippen molar-refractivity contribution in [3.05, 3.63) is 30.6 Å². The standard InChI is InChI=1S/C20H27N3O4/c1-13(2)8-14(3)12-27-19-17(25-4)9-16(11-22-19)15-6-7-21-18(10-15)23-20(24)26-5/h6-7,9-11,13-14H,8,12H2,1-5H3,(H,21,23,24). The van der Waals surface area contributed by atoms with E-state index in [-0.39, 0.29) is 0 Å². The summed E-state index contributed by atoms with van der Waals surface area (Å²) in [5, 5.41) is 2.54. The van der Waals surface area contributed by atoms with E-state index in [0.717, 1.165) is 17.5 Å². The van der Waals surface area contributed by atoms with E-state index >= 15 is 0 Å². The second-order valence-corrected chi connectivity index (χ2v) is 6.82. The van der Waals surface area contributed by atoms with Gasteiger partial charge in [0.25, 0.3) is 5.88 Å². The van der Waals surface area contributed by atoms with Crippen molar-refractivity contribution in [3.8, 4) is 22.8 Å². The molecule has 0 bridgehead atoms. The summed E-state index contributed by atoms with van der Waals surface area (Å²) in [5.74, 6) is 2.48. The van der Waals surface area contributed by atoms with Gasteiger partial charge in [0.1, 0.15) is 5.82 Å². The van der Waals surface area contributed by atoms with Crippen LogP contribution in [0.15, 0.2) is 30.6 Å². The van der Waals surface area contributed by atoms with Crippen molar-refractivity contribution < 1.29 is 19.0 Å². The topological polar surface area (TPSA) is 82.6 Å². The molecule has 27 heavy (non-hydrogen) atoms. The fraction of sp³-hybridized carbons (Fsp3) is 0.450. The van der Waals surface area contributed by atoms with Crippen molar-refractivity contribution in [1.82, 2.24) is 9.97 Å². The highest BCUT2D eigenvalue weighted by Crippen LogP contribution is 2.31. The quantitative estimate of drug-likeness (QED) is 0.739. The molecule has 2 rings (SSSR count). The van der Waals surface area contributed by atoms with Crippen LogP contribution in [0.5, 0.6) is 11.6 Å². The Balaban J connectivity index is 2.15. The number of nitrogens with one attached hydrogen (secondary N) is 1. The zero-order valence-corrected chi connectivity index (χ0v) is 16.5. The van der Waals surface area contributed by atoms with E-state index in [4.69, 9.17) is 9.47 Å². The van der Waals surface area contributed by atoms with E-state index in [1.807, 2.05) is 12.1 Å². The maximum absolute atomic E-state index is 11.3. The Morgan fingerprint density at radius 3 is 2.59 bits per heavy atom. The minimum Gasteiger partial charge on any atom is -0.491 e. The number of hydrogen-bond donors (Lipinski definition) is 1. The Labute approximate surface area is 160 Å². The molecule has 0 spiro atoms. The lowest BCUT2D eigenvalue weighted by molar-refractivity contribution is 0.187. The van der Waals surface area contributed by atoms with Gasteiger partial charge in [-0.15, -0.1) is 0 Å². The minimum absolute atomic E-state index is 0.390. The van der Waals surface area contributed by atoms with Gasteiger partial charge in [-0.3, -0.25) is 5.32 Å². The monoisotopic (exact) mass is 373 g/mol. The second-order valence-electron chi connectivity index (χ2n) is 6.82. The summed E-state index contributed by atoms with van der Waals surface area (Å²) in [4.78, 5) is 19.8. The number of nitrogens with zero attached hydrogens (tertiary/aromatic N) is 2. The number of amides is 1. The average Bonchev–Trinajstić information content (AvgIpc) is 2.65. The van der Waals surface area contributed by atoms with E-state index in [9.17, 15) is 4.79 Å². The summed E-state index contributed by atoms with van der Waals surface area (Å²) in [6.45, 7) is 7.14. The van der Waals surface area contributed by atoms with Crippen LogP contribution in [0.2, 0.25) is 0 Å². The minimum atomic E-state index is -0.574. The van der Waals surface area contributed by atoms with E-state index in [0.29, 0.717) is 35.9 Å². The lowest BCUT2D eigenvalue weighted by atomic mass is 10.00. The Morgan fingerprint density at radius 2 is 1.93 bits per heavy atom. The number of methoxy groups -OCH3 is 2. The molecule has 1 amide bonds. The van der Waals surface area contributed by atoms with E-state index in [2.05, 4.69) is 40.8 Å². The second kappa shape index (κ2) is 9.75. The predicted octanol–water partition coefficient (Wildman–Crippen LogP) is 4.39. The van der Waals surface area contributed by atoms with Crippen LogP contribution in [0.4, 0.5) is 10.6 Å². The molecule has 0 saturated heterocycles.